The highest BCUT2D eigenvalue weighted by molar-refractivity contribution is 5.99. The molecule has 0 aromatic heterocycles. The molecule has 3 rings (SSSR count). The molecule has 4 heteroatoms. The van der Waals surface area contributed by atoms with Gasteiger partial charge >= 0.3 is 0 Å². The number of ether oxygens (including phenoxy) is 1. The van der Waals surface area contributed by atoms with Gasteiger partial charge in [0.05, 0.1) is 24.7 Å². The maximum Gasteiger partial charge on any atom is 0.166 e. The Morgan fingerprint density at radius 2 is 2.05 bits per heavy atom. The van der Waals surface area contributed by atoms with Gasteiger partial charge in [-0.15, -0.1) is 0 Å². The number of nitrogens with zero attached hydrogens (tertiary/aromatic N) is 1. The van der Waals surface area contributed by atoms with Crippen LogP contribution in [0.25, 0.3) is 0 Å². The molecule has 2 aliphatic heterocycles. The van der Waals surface area contributed by atoms with E-state index in [0.717, 1.165) is 25.7 Å². The van der Waals surface area contributed by atoms with Gasteiger partial charge < -0.3 is 4.74 Å². The van der Waals surface area contributed by atoms with E-state index in [9.17, 15) is 9.18 Å². The number of rotatable bonds is 3. The van der Waals surface area contributed by atoms with Crippen LogP contribution in [0.4, 0.5) is 4.39 Å². The topological polar surface area (TPSA) is 50.1 Å². The van der Waals surface area contributed by atoms with Gasteiger partial charge in [-0.2, -0.15) is 5.26 Å². The zero-order valence-corrected chi connectivity index (χ0v) is 11.1. The van der Waals surface area contributed by atoms with Gasteiger partial charge in [0, 0.05) is 11.5 Å². The molecule has 2 bridgehead atoms. The summed E-state index contributed by atoms with van der Waals surface area (Å²) in [6.07, 6.45) is 3.96. The number of hydrogen-bond acceptors (Lipinski definition) is 3. The van der Waals surface area contributed by atoms with Gasteiger partial charge in [0.1, 0.15) is 5.82 Å². The third-order valence-corrected chi connectivity index (χ3v) is 4.27. The zero-order valence-electron chi connectivity index (χ0n) is 11.1. The largest absolute Gasteiger partial charge is 0.375 e. The number of benzene rings is 1. The van der Waals surface area contributed by atoms with Crippen molar-refractivity contribution in [1.29, 1.82) is 5.26 Å². The highest BCUT2D eigenvalue weighted by Crippen LogP contribution is 2.37. The first kappa shape index (κ1) is 13.3. The maximum atomic E-state index is 13.4. The second-order valence-corrected chi connectivity index (χ2v) is 5.63. The molecule has 2 unspecified atom stereocenters. The molecular formula is C16H16FNO2. The minimum absolute atomic E-state index is 0.0325. The van der Waals surface area contributed by atoms with Gasteiger partial charge in [-0.1, -0.05) is 6.07 Å². The number of hydrogen-bond donors (Lipinski definition) is 0. The average Bonchev–Trinajstić information content (AvgIpc) is 2.79. The van der Waals surface area contributed by atoms with Gasteiger partial charge in [-0.25, -0.2) is 4.39 Å². The van der Waals surface area contributed by atoms with E-state index in [0.29, 0.717) is 11.1 Å². The molecule has 2 saturated heterocycles. The lowest BCUT2D eigenvalue weighted by Crippen LogP contribution is -2.30. The Hall–Kier alpha value is -1.73. The maximum absolute atomic E-state index is 13.4. The van der Waals surface area contributed by atoms with Gasteiger partial charge in [0.15, 0.2) is 5.78 Å². The van der Waals surface area contributed by atoms with E-state index in [1.165, 1.54) is 12.1 Å². The minimum atomic E-state index is -0.426. The van der Waals surface area contributed by atoms with Crippen LogP contribution < -0.4 is 0 Å². The molecule has 3 nitrogen and oxygen atoms in total. The normalized spacial score (nSPS) is 28.1. The molecule has 0 spiro atoms. The Morgan fingerprint density at radius 3 is 2.70 bits per heavy atom. The van der Waals surface area contributed by atoms with Crippen molar-refractivity contribution in [1.82, 2.24) is 0 Å². The fourth-order valence-corrected chi connectivity index (χ4v) is 3.31. The van der Waals surface area contributed by atoms with Gasteiger partial charge in [0.25, 0.3) is 0 Å². The van der Waals surface area contributed by atoms with Crippen molar-refractivity contribution in [2.75, 3.05) is 0 Å². The van der Waals surface area contributed by atoms with Crippen LogP contribution in [0.2, 0.25) is 0 Å². The monoisotopic (exact) mass is 273 g/mol. The van der Waals surface area contributed by atoms with Crippen LogP contribution in [0.5, 0.6) is 0 Å². The van der Waals surface area contributed by atoms with E-state index in [1.807, 2.05) is 6.07 Å². The number of carbonyl (C=O) groups is 1. The van der Waals surface area contributed by atoms with Crippen molar-refractivity contribution < 1.29 is 13.9 Å². The predicted molar refractivity (Wildman–Crippen MR) is 70.7 cm³/mol. The molecule has 104 valence electrons. The van der Waals surface area contributed by atoms with E-state index in [4.69, 9.17) is 10.00 Å². The second-order valence-electron chi connectivity index (χ2n) is 5.63. The second kappa shape index (κ2) is 5.34. The van der Waals surface area contributed by atoms with Crippen molar-refractivity contribution in [3.63, 3.8) is 0 Å². The summed E-state index contributed by atoms with van der Waals surface area (Å²) in [4.78, 5) is 12.6. The molecular weight excluding hydrogens is 257 g/mol. The number of halogens is 1. The highest BCUT2D eigenvalue weighted by Gasteiger charge is 2.38. The van der Waals surface area contributed by atoms with Gasteiger partial charge in [0.2, 0.25) is 0 Å². The molecule has 0 N–H and O–H groups in total. The van der Waals surface area contributed by atoms with Crippen molar-refractivity contribution >= 4 is 5.78 Å². The van der Waals surface area contributed by atoms with Crippen LogP contribution in [0.15, 0.2) is 18.2 Å². The number of fused-ring (bicyclic) bond motifs is 2. The van der Waals surface area contributed by atoms with Crippen LogP contribution in [0, 0.1) is 23.1 Å². The predicted octanol–water partition coefficient (Wildman–Crippen LogP) is 3.03. The Labute approximate surface area is 117 Å². The third-order valence-electron chi connectivity index (χ3n) is 4.27. The molecule has 1 aromatic rings. The van der Waals surface area contributed by atoms with Crippen molar-refractivity contribution in [2.24, 2.45) is 5.92 Å². The first-order valence-corrected chi connectivity index (χ1v) is 7.02. The zero-order chi connectivity index (χ0) is 14.1. The Kier molecular flexibility index (Phi) is 3.54. The lowest BCUT2D eigenvalue weighted by Gasteiger charge is -2.27. The quantitative estimate of drug-likeness (QED) is 0.795. The summed E-state index contributed by atoms with van der Waals surface area (Å²) in [6, 6.07) is 6.15. The molecule has 0 aliphatic carbocycles. The van der Waals surface area contributed by atoms with E-state index in [-0.39, 0.29) is 30.3 Å². The lowest BCUT2D eigenvalue weighted by molar-refractivity contribution is -0.0149. The summed E-state index contributed by atoms with van der Waals surface area (Å²) < 4.78 is 19.2. The first-order valence-electron chi connectivity index (χ1n) is 7.02. The van der Waals surface area contributed by atoms with Crippen molar-refractivity contribution in [3.05, 3.63) is 35.1 Å². The van der Waals surface area contributed by atoms with Crippen LogP contribution in [-0.4, -0.2) is 18.0 Å². The summed E-state index contributed by atoms with van der Waals surface area (Å²) >= 11 is 0. The van der Waals surface area contributed by atoms with Crippen LogP contribution >= 0.6 is 0 Å². The molecule has 2 aliphatic rings. The van der Waals surface area contributed by atoms with E-state index in [1.54, 1.807) is 6.07 Å². The van der Waals surface area contributed by atoms with Crippen molar-refractivity contribution in [3.8, 4) is 6.07 Å². The third kappa shape index (κ3) is 2.46. The Balaban J connectivity index is 1.86. The average molecular weight is 273 g/mol. The molecule has 0 radical (unpaired) electrons. The van der Waals surface area contributed by atoms with E-state index >= 15 is 0 Å². The minimum Gasteiger partial charge on any atom is -0.375 e. The van der Waals surface area contributed by atoms with E-state index in [2.05, 4.69) is 0 Å². The molecule has 20 heavy (non-hydrogen) atoms. The molecule has 2 heterocycles. The number of Topliss-reactive ketones (excluding diaryl/α,β-unsaturated/α-hetero) is 1. The summed E-state index contributed by atoms with van der Waals surface area (Å²) in [6.45, 7) is 0. The summed E-state index contributed by atoms with van der Waals surface area (Å²) in [5.41, 5.74) is 0.996. The smallest absolute Gasteiger partial charge is 0.166 e. The van der Waals surface area contributed by atoms with Crippen LogP contribution in [-0.2, 0) is 11.2 Å². The van der Waals surface area contributed by atoms with Gasteiger partial charge in [-0.3, -0.25) is 4.79 Å². The van der Waals surface area contributed by atoms with E-state index < -0.39 is 5.82 Å². The molecule has 0 amide bonds. The molecule has 0 saturated carbocycles. The fourth-order valence-electron chi connectivity index (χ4n) is 3.31. The van der Waals surface area contributed by atoms with Crippen LogP contribution in [0.3, 0.4) is 0 Å². The molecule has 2 fully saturated rings. The van der Waals surface area contributed by atoms with Crippen LogP contribution in [0.1, 0.15) is 41.6 Å². The Morgan fingerprint density at radius 1 is 1.35 bits per heavy atom. The number of carbonyl (C=O) groups excluding carboxylic acids is 1. The summed E-state index contributed by atoms with van der Waals surface area (Å²) in [5, 5.41) is 8.82. The van der Waals surface area contributed by atoms with Gasteiger partial charge in [-0.05, 0) is 43.4 Å². The number of nitriles is 1. The molecule has 1 aromatic carbocycles. The molecule has 2 atom stereocenters. The lowest BCUT2D eigenvalue weighted by atomic mass is 9.86. The first-order chi connectivity index (χ1) is 9.67. The Bertz CT molecular complexity index is 566. The highest BCUT2D eigenvalue weighted by atomic mass is 19.1. The van der Waals surface area contributed by atoms with Crippen molar-refractivity contribution in [2.45, 2.75) is 44.3 Å². The summed E-state index contributed by atoms with van der Waals surface area (Å²) in [7, 11) is 0. The SMILES string of the molecule is N#CCc1ccc(F)cc1C(=O)C1CC2CCC(C1)O2. The summed E-state index contributed by atoms with van der Waals surface area (Å²) in [5.74, 6) is -0.555. The standard InChI is InChI=1S/C16H16FNO2/c17-12-2-1-10(5-6-18)15(9-12)16(19)11-7-13-3-4-14(8-11)20-13/h1-2,9,11,13-14H,3-5,7-8H2. The fraction of sp³-hybridized carbons (Fsp3) is 0.500. The number of ketones is 1.